The third-order valence-corrected chi connectivity index (χ3v) is 2.76. The van der Waals surface area contributed by atoms with Crippen molar-refractivity contribution in [3.8, 4) is 0 Å². The van der Waals surface area contributed by atoms with Gasteiger partial charge in [-0.3, -0.25) is 4.98 Å². The SMILES string of the molecule is NC(=S)c1ccc(NC2CCCOC2)cn1. The molecule has 0 aromatic carbocycles. The second-order valence-corrected chi connectivity index (χ2v) is 4.29. The normalized spacial score (nSPS) is 20.4. The van der Waals surface area contributed by atoms with Crippen LogP contribution in [0.5, 0.6) is 0 Å². The van der Waals surface area contributed by atoms with Crippen molar-refractivity contribution in [2.75, 3.05) is 18.5 Å². The number of thiocarbonyl (C=S) groups is 1. The Balaban J connectivity index is 1.96. The summed E-state index contributed by atoms with van der Waals surface area (Å²) in [6.07, 6.45) is 4.00. The zero-order valence-electron chi connectivity index (χ0n) is 8.98. The molecule has 0 spiro atoms. The van der Waals surface area contributed by atoms with Crippen LogP contribution in [-0.4, -0.2) is 29.2 Å². The van der Waals surface area contributed by atoms with E-state index in [-0.39, 0.29) is 0 Å². The molecule has 1 unspecified atom stereocenters. The number of hydrogen-bond acceptors (Lipinski definition) is 4. The van der Waals surface area contributed by atoms with Gasteiger partial charge in [-0.05, 0) is 25.0 Å². The van der Waals surface area contributed by atoms with Crippen molar-refractivity contribution in [1.82, 2.24) is 4.98 Å². The molecule has 16 heavy (non-hydrogen) atoms. The quantitative estimate of drug-likeness (QED) is 0.776. The van der Waals surface area contributed by atoms with E-state index < -0.39 is 0 Å². The second kappa shape index (κ2) is 5.23. The van der Waals surface area contributed by atoms with E-state index in [4.69, 9.17) is 22.7 Å². The maximum Gasteiger partial charge on any atom is 0.122 e. The molecule has 0 radical (unpaired) electrons. The lowest BCUT2D eigenvalue weighted by molar-refractivity contribution is 0.0876. The van der Waals surface area contributed by atoms with Crippen LogP contribution in [0.1, 0.15) is 18.5 Å². The molecule has 86 valence electrons. The van der Waals surface area contributed by atoms with Gasteiger partial charge in [0, 0.05) is 12.6 Å². The van der Waals surface area contributed by atoms with E-state index >= 15 is 0 Å². The Morgan fingerprint density at radius 1 is 1.56 bits per heavy atom. The first-order chi connectivity index (χ1) is 7.75. The van der Waals surface area contributed by atoms with Crippen LogP contribution in [0.25, 0.3) is 0 Å². The molecule has 1 atom stereocenters. The summed E-state index contributed by atoms with van der Waals surface area (Å²) >= 11 is 4.84. The van der Waals surface area contributed by atoms with Gasteiger partial charge in [0.25, 0.3) is 0 Å². The zero-order chi connectivity index (χ0) is 11.4. The van der Waals surface area contributed by atoms with E-state index in [0.717, 1.165) is 31.7 Å². The first kappa shape index (κ1) is 11.3. The van der Waals surface area contributed by atoms with Gasteiger partial charge >= 0.3 is 0 Å². The monoisotopic (exact) mass is 237 g/mol. The van der Waals surface area contributed by atoms with Crippen molar-refractivity contribution >= 4 is 22.9 Å². The Morgan fingerprint density at radius 2 is 2.44 bits per heavy atom. The third-order valence-electron chi connectivity index (χ3n) is 2.55. The van der Waals surface area contributed by atoms with Gasteiger partial charge in [-0.15, -0.1) is 0 Å². The summed E-state index contributed by atoms with van der Waals surface area (Å²) in [4.78, 5) is 4.50. The Kier molecular flexibility index (Phi) is 3.69. The van der Waals surface area contributed by atoms with Crippen molar-refractivity contribution in [2.24, 2.45) is 5.73 Å². The summed E-state index contributed by atoms with van der Waals surface area (Å²) in [6.45, 7) is 1.63. The summed E-state index contributed by atoms with van der Waals surface area (Å²) in [5.74, 6) is 0. The number of anilines is 1. The van der Waals surface area contributed by atoms with Crippen LogP contribution < -0.4 is 11.1 Å². The molecule has 1 aliphatic heterocycles. The highest BCUT2D eigenvalue weighted by atomic mass is 32.1. The van der Waals surface area contributed by atoms with Crippen LogP contribution in [0.15, 0.2) is 18.3 Å². The van der Waals surface area contributed by atoms with E-state index in [1.54, 1.807) is 6.20 Å². The van der Waals surface area contributed by atoms with Gasteiger partial charge in [0.1, 0.15) is 4.99 Å². The first-order valence-corrected chi connectivity index (χ1v) is 5.76. The topological polar surface area (TPSA) is 60.2 Å². The number of hydrogen-bond donors (Lipinski definition) is 2. The maximum atomic E-state index is 5.48. The highest BCUT2D eigenvalue weighted by Gasteiger charge is 2.13. The summed E-state index contributed by atoms with van der Waals surface area (Å²) in [5, 5.41) is 3.38. The van der Waals surface area contributed by atoms with Gasteiger partial charge in [-0.25, -0.2) is 0 Å². The molecule has 1 aromatic rings. The lowest BCUT2D eigenvalue weighted by atomic mass is 10.1. The fraction of sp³-hybridized carbons (Fsp3) is 0.455. The van der Waals surface area contributed by atoms with E-state index in [0.29, 0.717) is 16.7 Å². The molecule has 1 saturated heterocycles. The second-order valence-electron chi connectivity index (χ2n) is 3.85. The number of nitrogens with zero attached hydrogens (tertiary/aromatic N) is 1. The van der Waals surface area contributed by atoms with Gasteiger partial charge in [-0.1, -0.05) is 12.2 Å². The summed E-state index contributed by atoms with van der Waals surface area (Å²) in [6, 6.07) is 4.15. The Labute approximate surface area is 100 Å². The van der Waals surface area contributed by atoms with Gasteiger partial charge in [0.2, 0.25) is 0 Å². The van der Waals surface area contributed by atoms with E-state index in [9.17, 15) is 0 Å². The van der Waals surface area contributed by atoms with Crippen molar-refractivity contribution < 1.29 is 4.74 Å². The zero-order valence-corrected chi connectivity index (χ0v) is 9.80. The lowest BCUT2D eigenvalue weighted by Gasteiger charge is -2.23. The number of pyridine rings is 1. The largest absolute Gasteiger partial charge is 0.388 e. The summed E-state index contributed by atoms with van der Waals surface area (Å²) in [5.41, 5.74) is 7.11. The molecule has 4 nitrogen and oxygen atoms in total. The first-order valence-electron chi connectivity index (χ1n) is 5.36. The number of nitrogens with one attached hydrogen (secondary N) is 1. The van der Waals surface area contributed by atoms with Gasteiger partial charge in [0.05, 0.1) is 24.2 Å². The van der Waals surface area contributed by atoms with E-state index in [2.05, 4.69) is 10.3 Å². The number of nitrogens with two attached hydrogens (primary N) is 1. The predicted molar refractivity (Wildman–Crippen MR) is 67.6 cm³/mol. The molecule has 0 amide bonds. The summed E-state index contributed by atoms with van der Waals surface area (Å²) < 4.78 is 5.39. The van der Waals surface area contributed by atoms with Gasteiger partial charge < -0.3 is 15.8 Å². The maximum absolute atomic E-state index is 5.48. The molecular weight excluding hydrogens is 222 g/mol. The Hall–Kier alpha value is -1.20. The van der Waals surface area contributed by atoms with Crippen molar-refractivity contribution in [1.29, 1.82) is 0 Å². The van der Waals surface area contributed by atoms with Crippen LogP contribution in [0.4, 0.5) is 5.69 Å². The van der Waals surface area contributed by atoms with Crippen LogP contribution in [0.3, 0.4) is 0 Å². The van der Waals surface area contributed by atoms with Crippen molar-refractivity contribution in [3.63, 3.8) is 0 Å². The van der Waals surface area contributed by atoms with Crippen molar-refractivity contribution in [2.45, 2.75) is 18.9 Å². The van der Waals surface area contributed by atoms with E-state index in [1.807, 2.05) is 12.1 Å². The Bertz CT molecular complexity index is 360. The van der Waals surface area contributed by atoms with Crippen molar-refractivity contribution in [3.05, 3.63) is 24.0 Å². The highest BCUT2D eigenvalue weighted by Crippen LogP contribution is 2.13. The summed E-state index contributed by atoms with van der Waals surface area (Å²) in [7, 11) is 0. The molecule has 1 aliphatic rings. The molecule has 3 N–H and O–H groups in total. The van der Waals surface area contributed by atoms with Gasteiger partial charge in [-0.2, -0.15) is 0 Å². The number of ether oxygens (including phenoxy) is 1. The fourth-order valence-electron chi connectivity index (χ4n) is 1.72. The van der Waals surface area contributed by atoms with Crippen LogP contribution in [0.2, 0.25) is 0 Å². The molecule has 0 aliphatic carbocycles. The minimum absolute atomic E-state index is 0.326. The fourth-order valence-corrected chi connectivity index (χ4v) is 1.84. The smallest absolute Gasteiger partial charge is 0.122 e. The minimum atomic E-state index is 0.326. The standard InChI is InChI=1S/C11H15N3OS/c12-11(16)10-4-3-8(6-13-10)14-9-2-1-5-15-7-9/h3-4,6,9,14H,1-2,5,7H2,(H2,12,16). The average molecular weight is 237 g/mol. The molecule has 0 saturated carbocycles. The lowest BCUT2D eigenvalue weighted by Crippen LogP contribution is -2.30. The molecule has 2 heterocycles. The highest BCUT2D eigenvalue weighted by molar-refractivity contribution is 7.80. The van der Waals surface area contributed by atoms with E-state index in [1.165, 1.54) is 0 Å². The molecule has 1 fully saturated rings. The van der Waals surface area contributed by atoms with Crippen LogP contribution in [-0.2, 0) is 4.74 Å². The molecule has 5 heteroatoms. The average Bonchev–Trinajstić information content (AvgIpc) is 2.31. The van der Waals surface area contributed by atoms with Crippen LogP contribution in [0, 0.1) is 0 Å². The van der Waals surface area contributed by atoms with Crippen LogP contribution >= 0.6 is 12.2 Å². The molecule has 2 rings (SSSR count). The molecule has 0 bridgehead atoms. The predicted octanol–water partition coefficient (Wildman–Crippen LogP) is 1.31. The third kappa shape index (κ3) is 2.90. The van der Waals surface area contributed by atoms with Gasteiger partial charge in [0.15, 0.2) is 0 Å². The number of rotatable bonds is 3. The minimum Gasteiger partial charge on any atom is -0.388 e. The Morgan fingerprint density at radius 3 is 3.00 bits per heavy atom. The molecular formula is C11H15N3OS. The molecule has 1 aromatic heterocycles. The number of aromatic nitrogens is 1.